The van der Waals surface area contributed by atoms with Gasteiger partial charge in [-0.15, -0.1) is 0 Å². The molecule has 1 fully saturated rings. The van der Waals surface area contributed by atoms with Crippen LogP contribution < -0.4 is 25.3 Å². The number of unbranched alkanes of at least 4 members (excludes halogenated alkanes) is 12. The number of ether oxygens (including phenoxy) is 4. The number of benzene rings is 2. The van der Waals surface area contributed by atoms with Crippen molar-refractivity contribution in [2.24, 2.45) is 17.6 Å². The molecule has 5 rings (SSSR count). The lowest BCUT2D eigenvalue weighted by molar-refractivity contribution is -0.141. The lowest BCUT2D eigenvalue weighted by Crippen LogP contribution is -2.42. The Morgan fingerprint density at radius 1 is 0.870 bits per heavy atom. The van der Waals surface area contributed by atoms with Crippen molar-refractivity contribution < 1.29 is 33.6 Å². The maximum absolute atomic E-state index is 13.3. The zero-order valence-corrected chi connectivity index (χ0v) is 27.6. The predicted octanol–water partition coefficient (Wildman–Crippen LogP) is 6.95. The molecule has 4 N–H and O–H groups in total. The topological polar surface area (TPSA) is 129 Å². The fourth-order valence-corrected chi connectivity index (χ4v) is 7.48. The standard InChI is InChI=1S/C37H52N2O7/c1-24-18-25(19-31(43-2)36(24)41)33-26-20-29-30(46-23-45-29)21-27(26)35(28-22-44-37(42)34(28)33)39-32(40)16-14-12-10-8-6-4-3-5-7-9-11-13-15-17-38/h18-21,28,33-35,41H,3-17,22-23,38H2,1-2H3,(H,39,40)/t28-,33?,34-,35+/m0/s1. The molecule has 46 heavy (non-hydrogen) atoms. The number of methoxy groups -OCH3 is 1. The van der Waals surface area contributed by atoms with Crippen molar-refractivity contribution in [3.8, 4) is 23.0 Å². The van der Waals surface area contributed by atoms with Crippen LogP contribution in [0.4, 0.5) is 0 Å². The molecule has 1 unspecified atom stereocenters. The minimum atomic E-state index is -0.511. The van der Waals surface area contributed by atoms with Gasteiger partial charge in [0, 0.05) is 18.3 Å². The third-order valence-corrected chi connectivity index (χ3v) is 9.98. The molecule has 1 saturated heterocycles. The van der Waals surface area contributed by atoms with Crippen LogP contribution in [0.5, 0.6) is 23.0 Å². The van der Waals surface area contributed by atoms with E-state index >= 15 is 0 Å². The van der Waals surface area contributed by atoms with Gasteiger partial charge in [-0.1, -0.05) is 76.7 Å². The first kappa shape index (κ1) is 33.9. The van der Waals surface area contributed by atoms with Crippen molar-refractivity contribution in [1.82, 2.24) is 5.32 Å². The molecule has 0 spiro atoms. The largest absolute Gasteiger partial charge is 0.504 e. The first-order valence-electron chi connectivity index (χ1n) is 17.4. The highest BCUT2D eigenvalue weighted by atomic mass is 16.7. The van der Waals surface area contributed by atoms with Crippen LogP contribution in [-0.4, -0.2) is 44.0 Å². The van der Waals surface area contributed by atoms with E-state index in [0.29, 0.717) is 29.2 Å². The van der Waals surface area contributed by atoms with Crippen LogP contribution in [0, 0.1) is 18.8 Å². The second kappa shape index (κ2) is 16.4. The first-order chi connectivity index (χ1) is 22.4. The highest BCUT2D eigenvalue weighted by molar-refractivity contribution is 5.81. The summed E-state index contributed by atoms with van der Waals surface area (Å²) in [5.74, 6) is 0.227. The Kier molecular flexibility index (Phi) is 12.1. The van der Waals surface area contributed by atoms with Gasteiger partial charge in [-0.2, -0.15) is 0 Å². The number of aromatic hydroxyl groups is 1. The smallest absolute Gasteiger partial charge is 0.310 e. The number of nitrogens with two attached hydrogens (primary N) is 1. The average molecular weight is 637 g/mol. The number of phenolic OH excluding ortho intramolecular Hbond substituents is 1. The van der Waals surface area contributed by atoms with Crippen molar-refractivity contribution >= 4 is 11.9 Å². The number of hydrogen-bond acceptors (Lipinski definition) is 8. The molecule has 0 aromatic heterocycles. The summed E-state index contributed by atoms with van der Waals surface area (Å²) in [6.45, 7) is 2.97. The lowest BCUT2D eigenvalue weighted by Gasteiger charge is -2.39. The molecule has 2 heterocycles. The van der Waals surface area contributed by atoms with Gasteiger partial charge in [0.15, 0.2) is 23.0 Å². The Bertz CT molecular complexity index is 1350. The van der Waals surface area contributed by atoms with Crippen molar-refractivity contribution in [3.63, 3.8) is 0 Å². The molecule has 1 aliphatic carbocycles. The second-order valence-electron chi connectivity index (χ2n) is 13.2. The molecule has 0 saturated carbocycles. The van der Waals surface area contributed by atoms with Crippen LogP contribution in [0.3, 0.4) is 0 Å². The van der Waals surface area contributed by atoms with Crippen LogP contribution >= 0.6 is 0 Å². The van der Waals surface area contributed by atoms with E-state index in [-0.39, 0.29) is 42.9 Å². The number of amides is 1. The van der Waals surface area contributed by atoms with Crippen LogP contribution in [0.15, 0.2) is 24.3 Å². The van der Waals surface area contributed by atoms with Gasteiger partial charge in [-0.3, -0.25) is 9.59 Å². The van der Waals surface area contributed by atoms with E-state index in [1.54, 1.807) is 6.07 Å². The molecule has 9 heteroatoms. The minimum absolute atomic E-state index is 0.0150. The zero-order valence-electron chi connectivity index (χ0n) is 27.6. The molecule has 0 radical (unpaired) electrons. The minimum Gasteiger partial charge on any atom is -0.504 e. The van der Waals surface area contributed by atoms with Gasteiger partial charge in [-0.05, 0) is 66.8 Å². The number of hydrogen-bond donors (Lipinski definition) is 3. The molecule has 2 aromatic carbocycles. The number of rotatable bonds is 18. The summed E-state index contributed by atoms with van der Waals surface area (Å²) >= 11 is 0. The average Bonchev–Trinajstić information content (AvgIpc) is 3.67. The van der Waals surface area contributed by atoms with Crippen molar-refractivity contribution in [1.29, 1.82) is 0 Å². The van der Waals surface area contributed by atoms with Crippen molar-refractivity contribution in [2.45, 2.75) is 109 Å². The number of nitrogens with one attached hydrogen (secondary N) is 1. The Morgan fingerprint density at radius 2 is 1.46 bits per heavy atom. The van der Waals surface area contributed by atoms with Gasteiger partial charge in [-0.25, -0.2) is 0 Å². The molecule has 0 bridgehead atoms. The molecular formula is C37H52N2O7. The molecule has 9 nitrogen and oxygen atoms in total. The maximum atomic E-state index is 13.3. The van der Waals surface area contributed by atoms with Gasteiger partial charge in [0.05, 0.1) is 25.7 Å². The molecule has 4 atom stereocenters. The normalized spacial score (nSPS) is 21.1. The van der Waals surface area contributed by atoms with E-state index in [2.05, 4.69) is 5.32 Å². The molecular weight excluding hydrogens is 584 g/mol. The molecule has 1 amide bonds. The van der Waals surface area contributed by atoms with Gasteiger partial charge >= 0.3 is 5.97 Å². The summed E-state index contributed by atoms with van der Waals surface area (Å²) in [7, 11) is 1.51. The molecule has 2 aromatic rings. The predicted molar refractivity (Wildman–Crippen MR) is 176 cm³/mol. The maximum Gasteiger partial charge on any atom is 0.310 e. The summed E-state index contributed by atoms with van der Waals surface area (Å²) in [6.07, 6.45) is 16.3. The molecule has 3 aliphatic rings. The number of phenols is 1. The summed E-state index contributed by atoms with van der Waals surface area (Å²) in [5.41, 5.74) is 8.83. The monoisotopic (exact) mass is 636 g/mol. The second-order valence-corrected chi connectivity index (χ2v) is 13.2. The van der Waals surface area contributed by atoms with E-state index < -0.39 is 12.0 Å². The van der Waals surface area contributed by atoms with E-state index in [1.807, 2.05) is 25.1 Å². The van der Waals surface area contributed by atoms with Crippen LogP contribution in [0.1, 0.15) is 124 Å². The van der Waals surface area contributed by atoms with E-state index in [4.69, 9.17) is 24.7 Å². The van der Waals surface area contributed by atoms with Crippen molar-refractivity contribution in [3.05, 3.63) is 46.5 Å². The Labute approximate surface area is 273 Å². The summed E-state index contributed by atoms with van der Waals surface area (Å²) in [6, 6.07) is 7.16. The fraction of sp³-hybridized carbons (Fsp3) is 0.622. The molecule has 252 valence electrons. The number of aryl methyl sites for hydroxylation is 1. The molecule has 2 aliphatic heterocycles. The fourth-order valence-electron chi connectivity index (χ4n) is 7.48. The highest BCUT2D eigenvalue weighted by Crippen LogP contribution is 2.55. The van der Waals surface area contributed by atoms with Crippen LogP contribution in [-0.2, 0) is 14.3 Å². The van der Waals surface area contributed by atoms with Crippen molar-refractivity contribution in [2.75, 3.05) is 27.1 Å². The Hall–Kier alpha value is -3.46. The third kappa shape index (κ3) is 7.91. The van der Waals surface area contributed by atoms with E-state index in [0.717, 1.165) is 48.9 Å². The SMILES string of the molecule is COc1cc(C2c3cc4c(cc3[C@@H](NC(=O)CCCCCCCCCCCCCCCN)[C@H]3COC(=O)[C@H]23)OCO4)cc(C)c1O. The number of fused-ring (bicyclic) bond motifs is 3. The number of carbonyl (C=O) groups excluding carboxylic acids is 2. The Balaban J connectivity index is 1.18. The van der Waals surface area contributed by atoms with Gasteiger partial charge in [0.2, 0.25) is 12.7 Å². The summed E-state index contributed by atoms with van der Waals surface area (Å²) < 4.78 is 22.6. The number of cyclic esters (lactones) is 1. The third-order valence-electron chi connectivity index (χ3n) is 9.98. The number of carbonyl (C=O) groups is 2. The van der Waals surface area contributed by atoms with E-state index in [9.17, 15) is 14.7 Å². The van der Waals surface area contributed by atoms with Gasteiger partial charge in [0.1, 0.15) is 0 Å². The van der Waals surface area contributed by atoms with Gasteiger partial charge < -0.3 is 35.1 Å². The zero-order chi connectivity index (χ0) is 32.5. The first-order valence-corrected chi connectivity index (χ1v) is 17.4. The lowest BCUT2D eigenvalue weighted by atomic mass is 9.65. The van der Waals surface area contributed by atoms with Crippen LogP contribution in [0.25, 0.3) is 0 Å². The van der Waals surface area contributed by atoms with E-state index in [1.165, 1.54) is 64.9 Å². The summed E-state index contributed by atoms with van der Waals surface area (Å²) in [4.78, 5) is 26.6. The van der Waals surface area contributed by atoms with Crippen LogP contribution in [0.2, 0.25) is 0 Å². The quantitative estimate of drug-likeness (QED) is 0.118. The summed E-state index contributed by atoms with van der Waals surface area (Å²) in [5, 5.41) is 13.8. The highest BCUT2D eigenvalue weighted by Gasteiger charge is 2.53. The Morgan fingerprint density at radius 3 is 2.07 bits per heavy atom. The number of esters is 1. The van der Waals surface area contributed by atoms with Gasteiger partial charge in [0.25, 0.3) is 0 Å².